The van der Waals surface area contributed by atoms with Crippen molar-refractivity contribution < 1.29 is 4.79 Å². The molecule has 1 saturated heterocycles. The number of hydrogen-bond donors (Lipinski definition) is 0. The molecule has 1 aliphatic rings. The maximum Gasteiger partial charge on any atom is 0.255 e. The standard InChI is InChI=1S/C12H13BrClNOS/c1-8-7-17-6-5-15(8)12(16)9-3-2-4-10(13)11(9)14/h2-4,8H,5-7H2,1H3. The number of benzene rings is 1. The van der Waals surface area contributed by atoms with Crippen LogP contribution in [0.4, 0.5) is 0 Å². The Morgan fingerprint density at radius 1 is 1.59 bits per heavy atom. The van der Waals surface area contributed by atoms with Crippen molar-refractivity contribution in [2.45, 2.75) is 13.0 Å². The molecule has 1 heterocycles. The van der Waals surface area contributed by atoms with E-state index in [9.17, 15) is 4.79 Å². The maximum absolute atomic E-state index is 12.4. The fourth-order valence-electron chi connectivity index (χ4n) is 1.85. The number of thioether (sulfide) groups is 1. The molecule has 2 rings (SSSR count). The quantitative estimate of drug-likeness (QED) is 0.781. The summed E-state index contributed by atoms with van der Waals surface area (Å²) in [7, 11) is 0. The molecule has 1 aliphatic heterocycles. The fourth-order valence-corrected chi connectivity index (χ4v) is 3.44. The van der Waals surface area contributed by atoms with Gasteiger partial charge in [0.2, 0.25) is 0 Å². The van der Waals surface area contributed by atoms with E-state index < -0.39 is 0 Å². The zero-order chi connectivity index (χ0) is 12.4. The van der Waals surface area contributed by atoms with E-state index in [2.05, 4.69) is 22.9 Å². The molecule has 1 unspecified atom stereocenters. The van der Waals surface area contributed by atoms with Crippen molar-refractivity contribution in [2.75, 3.05) is 18.1 Å². The van der Waals surface area contributed by atoms with Gasteiger partial charge in [0, 0.05) is 28.6 Å². The minimum absolute atomic E-state index is 0.0316. The highest BCUT2D eigenvalue weighted by molar-refractivity contribution is 9.10. The second kappa shape index (κ2) is 5.63. The molecule has 5 heteroatoms. The van der Waals surface area contributed by atoms with Crippen molar-refractivity contribution in [1.29, 1.82) is 0 Å². The average molecular weight is 335 g/mol. The van der Waals surface area contributed by atoms with Crippen molar-refractivity contribution in [2.24, 2.45) is 0 Å². The van der Waals surface area contributed by atoms with Crippen LogP contribution in [-0.4, -0.2) is 34.9 Å². The Balaban J connectivity index is 2.27. The molecule has 2 nitrogen and oxygen atoms in total. The molecule has 0 aliphatic carbocycles. The van der Waals surface area contributed by atoms with Crippen LogP contribution in [-0.2, 0) is 0 Å². The van der Waals surface area contributed by atoms with Crippen molar-refractivity contribution in [3.05, 3.63) is 33.3 Å². The summed E-state index contributed by atoms with van der Waals surface area (Å²) in [5.41, 5.74) is 0.583. The normalized spacial score (nSPS) is 20.4. The number of rotatable bonds is 1. The summed E-state index contributed by atoms with van der Waals surface area (Å²) in [6.45, 7) is 2.88. The van der Waals surface area contributed by atoms with E-state index in [0.29, 0.717) is 10.6 Å². The highest BCUT2D eigenvalue weighted by Gasteiger charge is 2.26. The molecule has 0 N–H and O–H groups in total. The van der Waals surface area contributed by atoms with Crippen molar-refractivity contribution in [1.82, 2.24) is 4.90 Å². The van der Waals surface area contributed by atoms with E-state index >= 15 is 0 Å². The Morgan fingerprint density at radius 3 is 3.06 bits per heavy atom. The van der Waals surface area contributed by atoms with Gasteiger partial charge in [0.15, 0.2) is 0 Å². The largest absolute Gasteiger partial charge is 0.334 e. The fraction of sp³-hybridized carbons (Fsp3) is 0.417. The lowest BCUT2D eigenvalue weighted by Gasteiger charge is -2.33. The highest BCUT2D eigenvalue weighted by Crippen LogP contribution is 2.28. The molecule has 1 aromatic carbocycles. The van der Waals surface area contributed by atoms with E-state index in [-0.39, 0.29) is 11.9 Å². The number of hydrogen-bond acceptors (Lipinski definition) is 2. The van der Waals surface area contributed by atoms with Gasteiger partial charge in [0.05, 0.1) is 10.6 Å². The summed E-state index contributed by atoms with van der Waals surface area (Å²) >= 11 is 11.4. The van der Waals surface area contributed by atoms with E-state index in [1.807, 2.05) is 28.8 Å². The summed E-state index contributed by atoms with van der Waals surface area (Å²) in [6.07, 6.45) is 0. The molecule has 1 amide bonds. The molecule has 1 atom stereocenters. The van der Waals surface area contributed by atoms with E-state index in [0.717, 1.165) is 22.5 Å². The predicted molar refractivity (Wildman–Crippen MR) is 77.0 cm³/mol. The average Bonchev–Trinajstić information content (AvgIpc) is 2.32. The second-order valence-corrected chi connectivity index (χ2v) is 6.41. The van der Waals surface area contributed by atoms with Gasteiger partial charge in [-0.25, -0.2) is 0 Å². The molecule has 17 heavy (non-hydrogen) atoms. The van der Waals surface area contributed by atoms with E-state index in [4.69, 9.17) is 11.6 Å². The lowest BCUT2D eigenvalue weighted by Crippen LogP contribution is -2.44. The maximum atomic E-state index is 12.4. The van der Waals surface area contributed by atoms with E-state index in [1.54, 1.807) is 6.07 Å². The first kappa shape index (κ1) is 13.2. The number of amides is 1. The van der Waals surface area contributed by atoms with Gasteiger partial charge >= 0.3 is 0 Å². The Morgan fingerprint density at radius 2 is 2.35 bits per heavy atom. The summed E-state index contributed by atoms with van der Waals surface area (Å²) in [5.74, 6) is 2.03. The van der Waals surface area contributed by atoms with Gasteiger partial charge in [-0.3, -0.25) is 4.79 Å². The first-order valence-electron chi connectivity index (χ1n) is 5.44. The van der Waals surface area contributed by atoms with Crippen LogP contribution in [0.25, 0.3) is 0 Å². The summed E-state index contributed by atoms with van der Waals surface area (Å²) < 4.78 is 0.768. The molecule has 0 radical (unpaired) electrons. The Bertz CT molecular complexity index is 441. The van der Waals surface area contributed by atoms with Crippen molar-refractivity contribution in [3.8, 4) is 0 Å². The third kappa shape index (κ3) is 2.80. The lowest BCUT2D eigenvalue weighted by molar-refractivity contribution is 0.0716. The molecule has 0 spiro atoms. The van der Waals surface area contributed by atoms with Gasteiger partial charge in [-0.05, 0) is 35.0 Å². The van der Waals surface area contributed by atoms with Crippen molar-refractivity contribution in [3.63, 3.8) is 0 Å². The van der Waals surface area contributed by atoms with Crippen LogP contribution in [0, 0.1) is 0 Å². The number of nitrogens with zero attached hydrogens (tertiary/aromatic N) is 1. The number of carbonyl (C=O) groups excluding carboxylic acids is 1. The second-order valence-electron chi connectivity index (χ2n) is 4.02. The molecule has 0 saturated carbocycles. The van der Waals surface area contributed by atoms with Crippen molar-refractivity contribution >= 4 is 45.2 Å². The number of carbonyl (C=O) groups is 1. The summed E-state index contributed by atoms with van der Waals surface area (Å²) in [5, 5.41) is 0.503. The minimum Gasteiger partial charge on any atom is -0.334 e. The number of halogens is 2. The van der Waals surface area contributed by atoms with Crippen LogP contribution in [0.2, 0.25) is 5.02 Å². The molecule has 92 valence electrons. The van der Waals surface area contributed by atoms with E-state index in [1.165, 1.54) is 0 Å². The third-order valence-electron chi connectivity index (χ3n) is 2.81. The van der Waals surface area contributed by atoms with Gasteiger partial charge in [0.1, 0.15) is 0 Å². The van der Waals surface area contributed by atoms with Gasteiger partial charge < -0.3 is 4.90 Å². The topological polar surface area (TPSA) is 20.3 Å². The molecular weight excluding hydrogens is 322 g/mol. The summed E-state index contributed by atoms with van der Waals surface area (Å²) in [6, 6.07) is 5.74. The molecular formula is C12H13BrClNOS. The van der Waals surface area contributed by atoms with Gasteiger partial charge in [-0.1, -0.05) is 17.7 Å². The van der Waals surface area contributed by atoms with Gasteiger partial charge in [0.25, 0.3) is 5.91 Å². The van der Waals surface area contributed by atoms with Crippen LogP contribution in [0.5, 0.6) is 0 Å². The monoisotopic (exact) mass is 333 g/mol. The smallest absolute Gasteiger partial charge is 0.255 e. The Hall–Kier alpha value is -0.190. The Kier molecular flexibility index (Phi) is 4.39. The highest BCUT2D eigenvalue weighted by atomic mass is 79.9. The predicted octanol–water partition coefficient (Wildman–Crippen LogP) is 3.68. The summed E-state index contributed by atoms with van der Waals surface area (Å²) in [4.78, 5) is 14.3. The third-order valence-corrected chi connectivity index (χ3v) is 5.30. The van der Waals surface area contributed by atoms with Gasteiger partial charge in [-0.2, -0.15) is 11.8 Å². The van der Waals surface area contributed by atoms with Crippen LogP contribution in [0.15, 0.2) is 22.7 Å². The molecule has 0 bridgehead atoms. The minimum atomic E-state index is 0.0316. The van der Waals surface area contributed by atoms with Gasteiger partial charge in [-0.15, -0.1) is 0 Å². The molecule has 1 aromatic rings. The zero-order valence-corrected chi connectivity index (χ0v) is 12.6. The van der Waals surface area contributed by atoms with Crippen LogP contribution in [0.3, 0.4) is 0 Å². The molecule has 0 aromatic heterocycles. The lowest BCUT2D eigenvalue weighted by atomic mass is 10.1. The SMILES string of the molecule is CC1CSCCN1C(=O)c1cccc(Br)c1Cl. The van der Waals surface area contributed by atoms with Crippen LogP contribution >= 0.6 is 39.3 Å². The zero-order valence-electron chi connectivity index (χ0n) is 9.45. The Labute approximate surface area is 119 Å². The molecule has 1 fully saturated rings. The van der Waals surface area contributed by atoms with Crippen LogP contribution in [0.1, 0.15) is 17.3 Å². The van der Waals surface area contributed by atoms with Crippen LogP contribution < -0.4 is 0 Å². The first-order valence-corrected chi connectivity index (χ1v) is 7.76. The first-order chi connectivity index (χ1) is 8.11.